The van der Waals surface area contributed by atoms with Crippen LogP contribution in [0.1, 0.15) is 31.2 Å². The summed E-state index contributed by atoms with van der Waals surface area (Å²) in [5.41, 5.74) is 12.3. The van der Waals surface area contributed by atoms with Crippen LogP contribution in [-0.2, 0) is 9.53 Å². The number of alkyl halides is 2. The molecule has 1 heterocycles. The summed E-state index contributed by atoms with van der Waals surface area (Å²) >= 11 is 0. The molecule has 1 aromatic carbocycles. The van der Waals surface area contributed by atoms with Gasteiger partial charge in [-0.05, 0) is 30.5 Å². The van der Waals surface area contributed by atoms with Crippen LogP contribution in [0, 0.1) is 11.8 Å². The number of amidine groups is 1. The Morgan fingerprint density at radius 2 is 2.00 bits per heavy atom. The van der Waals surface area contributed by atoms with Gasteiger partial charge in [-0.25, -0.2) is 19.0 Å². The van der Waals surface area contributed by atoms with Gasteiger partial charge in [-0.15, -0.1) is 0 Å². The second-order valence-corrected chi connectivity index (χ2v) is 6.21. The lowest BCUT2D eigenvalue weighted by Crippen LogP contribution is -2.36. The Morgan fingerprint density at radius 3 is 2.50 bits per heavy atom. The number of ether oxygens (including phenoxy) is 1. The van der Waals surface area contributed by atoms with Gasteiger partial charge < -0.3 is 21.5 Å². The van der Waals surface area contributed by atoms with E-state index in [-0.39, 0.29) is 17.5 Å². The van der Waals surface area contributed by atoms with E-state index in [4.69, 9.17) is 21.5 Å². The smallest absolute Gasteiger partial charge is 0.253 e. The number of carbonyl (C=O) groups excluding carboxylic acids is 1. The molecule has 1 aliphatic rings. The number of aliphatic imine (C=N–C) groups is 1. The standard InChI is InChI=1S/C18H24F2N4O2.CHN/c1-11(16(19)20)12-4-6-13(7-5-12)24-17(21)15(18(22)25)9-23-14-3-2-8-26-10-14;1-2/h4-7,9,11,14,16,23H,2-3,8,10H2,1H3,(H2,21,24)(H2,22,25);1H/b15-9+;. The molecule has 0 bridgehead atoms. The van der Waals surface area contributed by atoms with Crippen molar-refractivity contribution >= 4 is 17.4 Å². The van der Waals surface area contributed by atoms with Gasteiger partial charge in [-0.2, -0.15) is 0 Å². The summed E-state index contributed by atoms with van der Waals surface area (Å²) in [6.07, 6.45) is 0.871. The molecule has 2 rings (SSSR count). The molecule has 0 aliphatic carbocycles. The Kier molecular flexibility index (Phi) is 9.60. The molecular formula is C19H25F2N5O2. The minimum absolute atomic E-state index is 0.0450. The number of halogens is 2. The van der Waals surface area contributed by atoms with E-state index in [0.717, 1.165) is 19.4 Å². The Labute approximate surface area is 163 Å². The van der Waals surface area contributed by atoms with E-state index in [1.54, 1.807) is 24.3 Å². The summed E-state index contributed by atoms with van der Waals surface area (Å²) < 4.78 is 30.8. The highest BCUT2D eigenvalue weighted by molar-refractivity contribution is 6.20. The minimum Gasteiger partial charge on any atom is -0.385 e. The van der Waals surface area contributed by atoms with Gasteiger partial charge in [-0.1, -0.05) is 19.1 Å². The number of nitrogens with zero attached hydrogens (tertiary/aromatic N) is 2. The molecule has 152 valence electrons. The number of carbonyl (C=O) groups is 1. The molecule has 1 saturated heterocycles. The number of hydrogen-bond donors (Lipinski definition) is 3. The number of hydrogen-bond acceptors (Lipinski definition) is 5. The van der Waals surface area contributed by atoms with Crippen molar-refractivity contribution in [1.82, 2.24) is 5.32 Å². The molecule has 1 aromatic rings. The quantitative estimate of drug-likeness (QED) is 0.372. The molecule has 7 nitrogen and oxygen atoms in total. The molecule has 1 amide bonds. The Balaban J connectivity index is 0.00000190. The van der Waals surface area contributed by atoms with Crippen molar-refractivity contribution in [2.75, 3.05) is 13.2 Å². The molecule has 0 spiro atoms. The highest BCUT2D eigenvalue weighted by Gasteiger charge is 2.17. The van der Waals surface area contributed by atoms with E-state index < -0.39 is 18.3 Å². The van der Waals surface area contributed by atoms with Crippen LogP contribution in [0.5, 0.6) is 0 Å². The van der Waals surface area contributed by atoms with Crippen molar-refractivity contribution in [3.63, 3.8) is 0 Å². The van der Waals surface area contributed by atoms with E-state index in [2.05, 4.69) is 16.9 Å². The van der Waals surface area contributed by atoms with Crippen molar-refractivity contribution in [3.05, 3.63) is 41.6 Å². The molecule has 0 radical (unpaired) electrons. The summed E-state index contributed by atoms with van der Waals surface area (Å²) in [6, 6.07) is 6.35. The molecular weight excluding hydrogens is 368 g/mol. The normalized spacial score (nSPS) is 18.7. The Bertz CT molecular complexity index is 711. The topological polar surface area (TPSA) is 127 Å². The van der Waals surface area contributed by atoms with Crippen LogP contribution in [-0.4, -0.2) is 37.4 Å². The van der Waals surface area contributed by atoms with Crippen molar-refractivity contribution in [2.24, 2.45) is 16.5 Å². The van der Waals surface area contributed by atoms with E-state index in [1.807, 2.05) is 0 Å². The van der Waals surface area contributed by atoms with Crippen LogP contribution in [0.15, 0.2) is 41.0 Å². The average Bonchev–Trinajstić information content (AvgIpc) is 2.70. The number of nitrogens with one attached hydrogen (secondary N) is 1. The lowest BCUT2D eigenvalue weighted by Gasteiger charge is -2.22. The minimum atomic E-state index is -2.44. The molecule has 5 N–H and O–H groups in total. The predicted octanol–water partition coefficient (Wildman–Crippen LogP) is 2.32. The number of nitrogens with two attached hydrogens (primary N) is 2. The number of amides is 1. The van der Waals surface area contributed by atoms with Gasteiger partial charge in [0, 0.05) is 31.3 Å². The molecule has 1 fully saturated rings. The first kappa shape index (κ1) is 23.0. The van der Waals surface area contributed by atoms with Crippen molar-refractivity contribution in [1.29, 1.82) is 5.26 Å². The fourth-order valence-electron chi connectivity index (χ4n) is 2.54. The summed E-state index contributed by atoms with van der Waals surface area (Å²) in [4.78, 5) is 15.8. The predicted molar refractivity (Wildman–Crippen MR) is 103 cm³/mol. The van der Waals surface area contributed by atoms with Crippen molar-refractivity contribution in [2.45, 2.75) is 38.2 Å². The first-order valence-electron chi connectivity index (χ1n) is 8.70. The molecule has 1 aliphatic heterocycles. The maximum Gasteiger partial charge on any atom is 0.253 e. The fourth-order valence-corrected chi connectivity index (χ4v) is 2.54. The van der Waals surface area contributed by atoms with Crippen LogP contribution in [0.4, 0.5) is 14.5 Å². The maximum absolute atomic E-state index is 12.7. The third-order valence-corrected chi connectivity index (χ3v) is 4.21. The fraction of sp³-hybridized carbons (Fsp3) is 0.421. The second kappa shape index (κ2) is 11.7. The SMILES string of the molecule is C#N.CC(c1ccc(N=C(N)/C(=C\NC2CCCOC2)C(N)=O)cc1)C(F)F. The van der Waals surface area contributed by atoms with E-state index >= 15 is 0 Å². The zero-order valence-corrected chi connectivity index (χ0v) is 15.6. The first-order chi connectivity index (χ1) is 13.4. The Hall–Kier alpha value is -2.99. The monoisotopic (exact) mass is 393 g/mol. The Morgan fingerprint density at radius 1 is 1.36 bits per heavy atom. The van der Waals surface area contributed by atoms with Gasteiger partial charge in [-0.3, -0.25) is 4.79 Å². The molecule has 2 unspecified atom stereocenters. The van der Waals surface area contributed by atoms with E-state index in [9.17, 15) is 13.6 Å². The number of primary amides is 1. The third kappa shape index (κ3) is 6.96. The largest absolute Gasteiger partial charge is 0.385 e. The van der Waals surface area contributed by atoms with Crippen LogP contribution in [0.2, 0.25) is 0 Å². The third-order valence-electron chi connectivity index (χ3n) is 4.21. The molecule has 0 aromatic heterocycles. The van der Waals surface area contributed by atoms with Gasteiger partial charge in [0.25, 0.3) is 5.91 Å². The van der Waals surface area contributed by atoms with Crippen LogP contribution < -0.4 is 16.8 Å². The zero-order valence-electron chi connectivity index (χ0n) is 15.6. The maximum atomic E-state index is 12.7. The summed E-state index contributed by atoms with van der Waals surface area (Å²) in [6.45, 7) is 6.23. The number of benzene rings is 1. The highest BCUT2D eigenvalue weighted by Crippen LogP contribution is 2.24. The summed E-state index contributed by atoms with van der Waals surface area (Å²) in [7, 11) is 0. The number of nitriles is 1. The second-order valence-electron chi connectivity index (χ2n) is 6.21. The summed E-state index contributed by atoms with van der Waals surface area (Å²) in [5.74, 6) is -1.62. The number of rotatable bonds is 7. The van der Waals surface area contributed by atoms with Crippen LogP contribution in [0.3, 0.4) is 0 Å². The molecule has 0 saturated carbocycles. The van der Waals surface area contributed by atoms with Gasteiger partial charge in [0.15, 0.2) is 0 Å². The zero-order chi connectivity index (χ0) is 21.1. The van der Waals surface area contributed by atoms with Crippen LogP contribution in [0.25, 0.3) is 0 Å². The van der Waals surface area contributed by atoms with E-state index in [1.165, 1.54) is 13.1 Å². The average molecular weight is 393 g/mol. The summed E-state index contributed by atoms with van der Waals surface area (Å²) in [5, 5.41) is 9.57. The van der Waals surface area contributed by atoms with Gasteiger partial charge in [0.2, 0.25) is 6.43 Å². The van der Waals surface area contributed by atoms with Crippen LogP contribution >= 0.6 is 0 Å². The molecule has 9 heteroatoms. The van der Waals surface area contributed by atoms with Gasteiger partial charge in [0.05, 0.1) is 17.9 Å². The molecule has 28 heavy (non-hydrogen) atoms. The van der Waals surface area contributed by atoms with Gasteiger partial charge in [0.1, 0.15) is 5.84 Å². The highest BCUT2D eigenvalue weighted by atomic mass is 19.3. The lowest BCUT2D eigenvalue weighted by molar-refractivity contribution is -0.114. The van der Waals surface area contributed by atoms with Gasteiger partial charge >= 0.3 is 0 Å². The van der Waals surface area contributed by atoms with Crippen molar-refractivity contribution < 1.29 is 18.3 Å². The van der Waals surface area contributed by atoms with Crippen molar-refractivity contribution in [3.8, 4) is 6.57 Å². The first-order valence-corrected chi connectivity index (χ1v) is 8.70. The van der Waals surface area contributed by atoms with E-state index in [0.29, 0.717) is 17.9 Å². The molecule has 2 atom stereocenters. The lowest BCUT2D eigenvalue weighted by atomic mass is 10.0.